The molecule has 0 unspecified atom stereocenters. The van der Waals surface area contributed by atoms with Crippen molar-refractivity contribution < 1.29 is 14.6 Å². The van der Waals surface area contributed by atoms with Crippen molar-refractivity contribution in [3.05, 3.63) is 54.1 Å². The number of anilines is 1. The lowest BCUT2D eigenvalue weighted by atomic mass is 9.98. The summed E-state index contributed by atoms with van der Waals surface area (Å²) in [6, 6.07) is 16.3. The minimum atomic E-state index is -0.502. The van der Waals surface area contributed by atoms with Gasteiger partial charge in [0.15, 0.2) is 0 Å². The largest absolute Gasteiger partial charge is 0.495 e. The molecule has 0 spiro atoms. The SMILES string of the molecule is CC[C@@H](C)c1ccccc1OC[C@H](O)CN1CCN(c2ccccc2OC)CC1. The van der Waals surface area contributed by atoms with Crippen LogP contribution in [-0.2, 0) is 0 Å². The molecule has 2 atom stereocenters. The smallest absolute Gasteiger partial charge is 0.142 e. The second-order valence-electron chi connectivity index (χ2n) is 7.77. The Morgan fingerprint density at radius 3 is 2.31 bits per heavy atom. The molecule has 0 bridgehead atoms. The predicted molar refractivity (Wildman–Crippen MR) is 118 cm³/mol. The van der Waals surface area contributed by atoms with Gasteiger partial charge in [-0.2, -0.15) is 0 Å². The Morgan fingerprint density at radius 2 is 1.62 bits per heavy atom. The maximum Gasteiger partial charge on any atom is 0.142 e. The number of aliphatic hydroxyl groups excluding tert-OH is 1. The molecule has 5 nitrogen and oxygen atoms in total. The topological polar surface area (TPSA) is 45.2 Å². The molecule has 2 aromatic rings. The molecule has 1 N–H and O–H groups in total. The summed E-state index contributed by atoms with van der Waals surface area (Å²) >= 11 is 0. The summed E-state index contributed by atoms with van der Waals surface area (Å²) in [5, 5.41) is 10.5. The van der Waals surface area contributed by atoms with Crippen molar-refractivity contribution in [1.82, 2.24) is 4.90 Å². The summed E-state index contributed by atoms with van der Waals surface area (Å²) < 4.78 is 11.5. The van der Waals surface area contributed by atoms with E-state index in [1.807, 2.05) is 36.4 Å². The number of methoxy groups -OCH3 is 1. The summed E-state index contributed by atoms with van der Waals surface area (Å²) in [5.74, 6) is 2.25. The first-order valence-corrected chi connectivity index (χ1v) is 10.6. The fourth-order valence-corrected chi connectivity index (χ4v) is 3.84. The van der Waals surface area contributed by atoms with Gasteiger partial charge in [0.05, 0.1) is 12.8 Å². The van der Waals surface area contributed by atoms with Crippen molar-refractivity contribution in [3.8, 4) is 11.5 Å². The van der Waals surface area contributed by atoms with Crippen molar-refractivity contribution >= 4 is 5.69 Å². The van der Waals surface area contributed by atoms with Gasteiger partial charge >= 0.3 is 0 Å². The number of nitrogens with zero attached hydrogens (tertiary/aromatic N) is 2. The number of para-hydroxylation sites is 3. The monoisotopic (exact) mass is 398 g/mol. The Morgan fingerprint density at radius 1 is 0.966 bits per heavy atom. The van der Waals surface area contributed by atoms with Crippen molar-refractivity contribution in [2.24, 2.45) is 0 Å². The quantitative estimate of drug-likeness (QED) is 0.697. The fourth-order valence-electron chi connectivity index (χ4n) is 3.84. The Bertz CT molecular complexity index is 759. The maximum atomic E-state index is 10.5. The van der Waals surface area contributed by atoms with Crippen LogP contribution in [0.2, 0.25) is 0 Å². The van der Waals surface area contributed by atoms with Crippen LogP contribution in [0.15, 0.2) is 48.5 Å². The van der Waals surface area contributed by atoms with Crippen LogP contribution in [0.4, 0.5) is 5.69 Å². The standard InChI is InChI=1S/C24H34N2O3/c1-4-19(2)21-9-5-7-11-23(21)29-18-20(27)17-25-13-15-26(16-14-25)22-10-6-8-12-24(22)28-3/h5-12,19-20,27H,4,13-18H2,1-3H3/t19-,20-/m1/s1. The van der Waals surface area contributed by atoms with Crippen molar-refractivity contribution in [3.63, 3.8) is 0 Å². The molecule has 158 valence electrons. The summed E-state index contributed by atoms with van der Waals surface area (Å²) in [4.78, 5) is 4.65. The van der Waals surface area contributed by atoms with Crippen LogP contribution < -0.4 is 14.4 Å². The molecular formula is C24H34N2O3. The normalized spacial score (nSPS) is 17.0. The molecule has 1 aliphatic heterocycles. The minimum Gasteiger partial charge on any atom is -0.495 e. The Balaban J connectivity index is 1.47. The fraction of sp³-hybridized carbons (Fsp3) is 0.500. The summed E-state index contributed by atoms with van der Waals surface area (Å²) in [6.45, 7) is 9.01. The first-order chi connectivity index (χ1) is 14.1. The van der Waals surface area contributed by atoms with E-state index in [1.54, 1.807) is 7.11 Å². The first-order valence-electron chi connectivity index (χ1n) is 10.6. The van der Waals surface area contributed by atoms with Crippen molar-refractivity contribution in [2.75, 3.05) is 51.3 Å². The lowest BCUT2D eigenvalue weighted by molar-refractivity contribution is 0.0658. The molecule has 3 rings (SSSR count). The molecule has 0 aromatic heterocycles. The van der Waals surface area contributed by atoms with Gasteiger partial charge in [0, 0.05) is 32.7 Å². The van der Waals surface area contributed by atoms with Crippen LogP contribution in [0.5, 0.6) is 11.5 Å². The third-order valence-electron chi connectivity index (χ3n) is 5.76. The van der Waals surface area contributed by atoms with Crippen LogP contribution in [-0.4, -0.2) is 62.6 Å². The molecule has 1 fully saturated rings. The summed E-state index contributed by atoms with van der Waals surface area (Å²) in [7, 11) is 1.71. The minimum absolute atomic E-state index is 0.320. The number of hydrogen-bond acceptors (Lipinski definition) is 5. The first kappa shape index (κ1) is 21.5. The zero-order valence-electron chi connectivity index (χ0n) is 17.9. The predicted octanol–water partition coefficient (Wildman–Crippen LogP) is 3.77. The number of aliphatic hydroxyl groups is 1. The molecule has 0 aliphatic carbocycles. The van der Waals surface area contributed by atoms with Crippen molar-refractivity contribution in [1.29, 1.82) is 0 Å². The van der Waals surface area contributed by atoms with Gasteiger partial charge in [-0.25, -0.2) is 0 Å². The van der Waals surface area contributed by atoms with Gasteiger partial charge in [-0.15, -0.1) is 0 Å². The summed E-state index contributed by atoms with van der Waals surface area (Å²) in [5.41, 5.74) is 2.35. The highest BCUT2D eigenvalue weighted by Gasteiger charge is 2.21. The third kappa shape index (κ3) is 5.64. The van der Waals surface area contributed by atoms with Gasteiger partial charge in [0.25, 0.3) is 0 Å². The lowest BCUT2D eigenvalue weighted by Gasteiger charge is -2.37. The number of benzene rings is 2. The van der Waals surface area contributed by atoms with E-state index in [2.05, 4.69) is 35.8 Å². The molecule has 1 aliphatic rings. The van der Waals surface area contributed by atoms with E-state index < -0.39 is 6.10 Å². The van der Waals surface area contributed by atoms with E-state index in [4.69, 9.17) is 9.47 Å². The van der Waals surface area contributed by atoms with Crippen molar-refractivity contribution in [2.45, 2.75) is 32.3 Å². The van der Waals surface area contributed by atoms with Crippen LogP contribution in [0, 0.1) is 0 Å². The number of hydrogen-bond donors (Lipinski definition) is 1. The molecule has 0 radical (unpaired) electrons. The van der Waals surface area contributed by atoms with Crippen LogP contribution in [0.3, 0.4) is 0 Å². The Hall–Kier alpha value is -2.24. The van der Waals surface area contributed by atoms with Gasteiger partial charge in [0.1, 0.15) is 24.2 Å². The maximum absolute atomic E-state index is 10.5. The second-order valence-corrected chi connectivity index (χ2v) is 7.77. The number of β-amino-alcohol motifs (C(OH)–C–C–N with tert-alkyl or cyclic N) is 1. The van der Waals surface area contributed by atoms with E-state index in [9.17, 15) is 5.11 Å². The lowest BCUT2D eigenvalue weighted by Crippen LogP contribution is -2.49. The molecule has 0 amide bonds. The zero-order valence-corrected chi connectivity index (χ0v) is 17.9. The van der Waals surface area contributed by atoms with E-state index >= 15 is 0 Å². The average Bonchev–Trinajstić information content (AvgIpc) is 2.78. The van der Waals surface area contributed by atoms with Crippen LogP contribution >= 0.6 is 0 Å². The van der Waals surface area contributed by atoms with E-state index in [0.717, 1.165) is 49.8 Å². The highest BCUT2D eigenvalue weighted by atomic mass is 16.5. The molecule has 5 heteroatoms. The summed E-state index contributed by atoms with van der Waals surface area (Å²) in [6.07, 6.45) is 0.567. The van der Waals surface area contributed by atoms with Crippen LogP contribution in [0.1, 0.15) is 31.7 Å². The molecule has 2 aromatic carbocycles. The number of rotatable bonds is 9. The zero-order chi connectivity index (χ0) is 20.6. The van der Waals surface area contributed by atoms with E-state index in [0.29, 0.717) is 19.1 Å². The molecule has 0 saturated carbocycles. The Kier molecular flexibility index (Phi) is 7.78. The molecular weight excluding hydrogens is 364 g/mol. The number of piperazine rings is 1. The van der Waals surface area contributed by atoms with Gasteiger partial charge < -0.3 is 19.5 Å². The van der Waals surface area contributed by atoms with Gasteiger partial charge in [0.2, 0.25) is 0 Å². The van der Waals surface area contributed by atoms with Crippen LogP contribution in [0.25, 0.3) is 0 Å². The molecule has 1 heterocycles. The van der Waals surface area contributed by atoms with E-state index in [1.165, 1.54) is 5.56 Å². The molecule has 1 saturated heterocycles. The molecule has 29 heavy (non-hydrogen) atoms. The van der Waals surface area contributed by atoms with E-state index in [-0.39, 0.29) is 0 Å². The van der Waals surface area contributed by atoms with Gasteiger partial charge in [-0.1, -0.05) is 44.2 Å². The van der Waals surface area contributed by atoms with Gasteiger partial charge in [-0.3, -0.25) is 4.90 Å². The Labute approximate surface area is 174 Å². The third-order valence-corrected chi connectivity index (χ3v) is 5.76. The van der Waals surface area contributed by atoms with Gasteiger partial charge in [-0.05, 0) is 36.1 Å². The highest BCUT2D eigenvalue weighted by molar-refractivity contribution is 5.58. The number of ether oxygens (including phenoxy) is 2. The second kappa shape index (κ2) is 10.5. The average molecular weight is 399 g/mol. The highest BCUT2D eigenvalue weighted by Crippen LogP contribution is 2.29.